The van der Waals surface area contributed by atoms with Gasteiger partial charge in [0, 0.05) is 32.7 Å². The van der Waals surface area contributed by atoms with E-state index in [0.717, 1.165) is 37.0 Å². The fourth-order valence-electron chi connectivity index (χ4n) is 2.03. The number of hydrogen-bond donors (Lipinski definition) is 1. The fraction of sp³-hybridized carbons (Fsp3) is 0.400. The van der Waals surface area contributed by atoms with Crippen LogP contribution in [0.1, 0.15) is 12.0 Å². The number of imidazole rings is 1. The normalized spacial score (nSPS) is 10.6. The molecular weight excluding hydrogens is 254 g/mol. The minimum atomic E-state index is 0.738. The lowest BCUT2D eigenvalue weighted by atomic mass is 10.2. The standard InChI is InChI=1S/C15H21N3O2/c1-12-5-6-14(20-3)13(11-12)18-9-8-17-15(18)16-7-4-10-19-2/h5-6,8-9,11H,4,7,10H2,1-3H3,(H,16,17). The van der Waals surface area contributed by atoms with Crippen LogP contribution < -0.4 is 10.1 Å². The highest BCUT2D eigenvalue weighted by molar-refractivity contribution is 5.53. The second kappa shape index (κ2) is 6.96. The molecule has 0 saturated heterocycles. The van der Waals surface area contributed by atoms with Crippen LogP contribution in [0.25, 0.3) is 5.69 Å². The summed E-state index contributed by atoms with van der Waals surface area (Å²) < 4.78 is 12.5. The Bertz CT molecular complexity index is 552. The molecule has 1 aromatic heterocycles. The molecule has 5 heteroatoms. The Morgan fingerprint density at radius 1 is 1.30 bits per heavy atom. The molecule has 5 nitrogen and oxygen atoms in total. The topological polar surface area (TPSA) is 48.3 Å². The lowest BCUT2D eigenvalue weighted by Crippen LogP contribution is -2.10. The summed E-state index contributed by atoms with van der Waals surface area (Å²) in [5.41, 5.74) is 2.17. The van der Waals surface area contributed by atoms with E-state index in [2.05, 4.69) is 23.3 Å². The van der Waals surface area contributed by atoms with Gasteiger partial charge < -0.3 is 14.8 Å². The smallest absolute Gasteiger partial charge is 0.207 e. The van der Waals surface area contributed by atoms with Crippen LogP contribution in [-0.4, -0.2) is 36.9 Å². The van der Waals surface area contributed by atoms with E-state index >= 15 is 0 Å². The predicted molar refractivity (Wildman–Crippen MR) is 79.8 cm³/mol. The molecular formula is C15H21N3O2. The first-order chi connectivity index (χ1) is 9.76. The summed E-state index contributed by atoms with van der Waals surface area (Å²) in [5, 5.41) is 3.31. The van der Waals surface area contributed by atoms with Crippen molar-refractivity contribution in [1.29, 1.82) is 0 Å². The number of nitrogens with zero attached hydrogens (tertiary/aromatic N) is 2. The van der Waals surface area contributed by atoms with Crippen molar-refractivity contribution in [2.24, 2.45) is 0 Å². The third kappa shape index (κ3) is 3.30. The number of rotatable bonds is 7. The number of benzene rings is 1. The van der Waals surface area contributed by atoms with Crippen LogP contribution in [0.15, 0.2) is 30.6 Å². The maximum absolute atomic E-state index is 5.43. The van der Waals surface area contributed by atoms with E-state index in [1.54, 1.807) is 20.4 Å². The van der Waals surface area contributed by atoms with Crippen LogP contribution in [0.2, 0.25) is 0 Å². The molecule has 0 aliphatic heterocycles. The zero-order chi connectivity index (χ0) is 14.4. The highest BCUT2D eigenvalue weighted by Gasteiger charge is 2.09. The van der Waals surface area contributed by atoms with Gasteiger partial charge in [-0.25, -0.2) is 4.98 Å². The Balaban J connectivity index is 2.21. The third-order valence-electron chi connectivity index (χ3n) is 3.04. The number of aryl methyl sites for hydroxylation is 1. The van der Waals surface area contributed by atoms with E-state index in [4.69, 9.17) is 9.47 Å². The average Bonchev–Trinajstić information content (AvgIpc) is 2.92. The summed E-state index contributed by atoms with van der Waals surface area (Å²) >= 11 is 0. The van der Waals surface area contributed by atoms with Gasteiger partial charge in [0.15, 0.2) is 0 Å². The van der Waals surface area contributed by atoms with Crippen molar-refractivity contribution in [3.63, 3.8) is 0 Å². The van der Waals surface area contributed by atoms with Crippen molar-refractivity contribution >= 4 is 5.95 Å². The molecule has 1 N–H and O–H groups in total. The second-order valence-corrected chi connectivity index (χ2v) is 4.57. The average molecular weight is 275 g/mol. The van der Waals surface area contributed by atoms with Crippen LogP contribution in [0.4, 0.5) is 5.95 Å². The van der Waals surface area contributed by atoms with Crippen LogP contribution in [0.3, 0.4) is 0 Å². The van der Waals surface area contributed by atoms with E-state index in [9.17, 15) is 0 Å². The fourth-order valence-corrected chi connectivity index (χ4v) is 2.03. The Labute approximate surface area is 119 Å². The Hall–Kier alpha value is -2.01. The number of anilines is 1. The van der Waals surface area contributed by atoms with Gasteiger partial charge in [-0.05, 0) is 31.0 Å². The van der Waals surface area contributed by atoms with E-state index in [-0.39, 0.29) is 0 Å². The molecule has 0 aliphatic rings. The zero-order valence-electron chi connectivity index (χ0n) is 12.2. The number of methoxy groups -OCH3 is 2. The van der Waals surface area contributed by atoms with Crippen molar-refractivity contribution in [1.82, 2.24) is 9.55 Å². The van der Waals surface area contributed by atoms with Crippen molar-refractivity contribution in [3.8, 4) is 11.4 Å². The first-order valence-corrected chi connectivity index (χ1v) is 6.67. The number of hydrogen-bond acceptors (Lipinski definition) is 4. The molecule has 0 saturated carbocycles. The first kappa shape index (κ1) is 14.4. The minimum absolute atomic E-state index is 0.738. The molecule has 20 heavy (non-hydrogen) atoms. The van der Waals surface area contributed by atoms with Gasteiger partial charge in [-0.2, -0.15) is 0 Å². The third-order valence-corrected chi connectivity index (χ3v) is 3.04. The van der Waals surface area contributed by atoms with E-state index < -0.39 is 0 Å². The summed E-state index contributed by atoms with van der Waals surface area (Å²) in [5.74, 6) is 1.64. The molecule has 0 atom stereocenters. The summed E-state index contributed by atoms with van der Waals surface area (Å²) in [6.07, 6.45) is 4.64. The van der Waals surface area contributed by atoms with E-state index in [1.165, 1.54) is 5.56 Å². The van der Waals surface area contributed by atoms with Crippen LogP contribution >= 0.6 is 0 Å². The number of nitrogens with one attached hydrogen (secondary N) is 1. The SMILES string of the molecule is COCCCNc1nccn1-c1cc(C)ccc1OC. The van der Waals surface area contributed by atoms with Gasteiger partial charge in [0.05, 0.1) is 12.8 Å². The van der Waals surface area contributed by atoms with Crippen molar-refractivity contribution < 1.29 is 9.47 Å². The lowest BCUT2D eigenvalue weighted by molar-refractivity contribution is 0.197. The Morgan fingerprint density at radius 3 is 2.90 bits per heavy atom. The quantitative estimate of drug-likeness (QED) is 0.789. The Morgan fingerprint density at radius 2 is 2.15 bits per heavy atom. The van der Waals surface area contributed by atoms with Gasteiger partial charge >= 0.3 is 0 Å². The van der Waals surface area contributed by atoms with E-state index in [0.29, 0.717) is 0 Å². The van der Waals surface area contributed by atoms with Crippen molar-refractivity contribution in [2.45, 2.75) is 13.3 Å². The number of aromatic nitrogens is 2. The first-order valence-electron chi connectivity index (χ1n) is 6.67. The molecule has 2 aromatic rings. The molecule has 0 unspecified atom stereocenters. The van der Waals surface area contributed by atoms with Crippen LogP contribution in [0, 0.1) is 6.92 Å². The maximum Gasteiger partial charge on any atom is 0.207 e. The highest BCUT2D eigenvalue weighted by Crippen LogP contribution is 2.26. The second-order valence-electron chi connectivity index (χ2n) is 4.57. The summed E-state index contributed by atoms with van der Waals surface area (Å²) in [6.45, 7) is 3.62. The van der Waals surface area contributed by atoms with Gasteiger partial charge in [0.25, 0.3) is 0 Å². The lowest BCUT2D eigenvalue weighted by Gasteiger charge is -2.13. The highest BCUT2D eigenvalue weighted by atomic mass is 16.5. The maximum atomic E-state index is 5.43. The van der Waals surface area contributed by atoms with Gasteiger partial charge in [0.2, 0.25) is 5.95 Å². The monoisotopic (exact) mass is 275 g/mol. The molecule has 0 spiro atoms. The van der Waals surface area contributed by atoms with Crippen molar-refractivity contribution in [3.05, 3.63) is 36.2 Å². The summed E-state index contributed by atoms with van der Waals surface area (Å²) in [6, 6.07) is 6.09. The van der Waals surface area contributed by atoms with Crippen LogP contribution in [0.5, 0.6) is 5.75 Å². The van der Waals surface area contributed by atoms with E-state index in [1.807, 2.05) is 22.9 Å². The minimum Gasteiger partial charge on any atom is -0.495 e. The number of ether oxygens (including phenoxy) is 2. The predicted octanol–water partition coefficient (Wildman–Crippen LogP) is 2.64. The molecule has 108 valence electrons. The van der Waals surface area contributed by atoms with Gasteiger partial charge in [-0.3, -0.25) is 4.57 Å². The Kier molecular flexibility index (Phi) is 5.01. The molecule has 0 amide bonds. The zero-order valence-corrected chi connectivity index (χ0v) is 12.2. The molecule has 0 bridgehead atoms. The van der Waals surface area contributed by atoms with Gasteiger partial charge in [-0.1, -0.05) is 6.07 Å². The summed E-state index contributed by atoms with van der Waals surface area (Å²) in [4.78, 5) is 4.35. The molecule has 2 rings (SSSR count). The van der Waals surface area contributed by atoms with Crippen LogP contribution in [-0.2, 0) is 4.74 Å². The van der Waals surface area contributed by atoms with Gasteiger partial charge in [-0.15, -0.1) is 0 Å². The molecule has 0 fully saturated rings. The molecule has 0 radical (unpaired) electrons. The largest absolute Gasteiger partial charge is 0.495 e. The molecule has 1 aromatic carbocycles. The molecule has 0 aliphatic carbocycles. The van der Waals surface area contributed by atoms with Gasteiger partial charge in [0.1, 0.15) is 5.75 Å². The molecule has 1 heterocycles. The summed E-state index contributed by atoms with van der Waals surface area (Å²) in [7, 11) is 3.38. The van der Waals surface area contributed by atoms with Crippen molar-refractivity contribution in [2.75, 3.05) is 32.7 Å².